The standard InChI is InChI=1S/C32H42N8O/c1-4-8-30(41)40-18-17-37(20-25(40)14-15-33)31-27-13-12-24(39-16-7-10-23-9-5-6-11-29(23)39)19-28(27)34-32(35-31)38-21-26(22-38)36(2)3/h4-6,8-9,11,24-26H,7,10,12-14,16-22H2,1-3H3. The Bertz CT molecular complexity index is 1340. The molecule has 0 N–H and O–H groups in total. The van der Waals surface area contributed by atoms with E-state index in [-0.39, 0.29) is 11.9 Å². The van der Waals surface area contributed by atoms with Crippen molar-refractivity contribution in [1.29, 1.82) is 5.26 Å². The van der Waals surface area contributed by atoms with Gasteiger partial charge in [-0.05, 0) is 64.4 Å². The fourth-order valence-electron chi connectivity index (χ4n) is 6.98. The summed E-state index contributed by atoms with van der Waals surface area (Å²) in [5.41, 5.74) is 5.27. The molecule has 2 atom stereocenters. The second-order valence-corrected chi connectivity index (χ2v) is 12.1. The summed E-state index contributed by atoms with van der Waals surface area (Å²) in [5.74, 6) is 1.82. The van der Waals surface area contributed by atoms with Gasteiger partial charge in [-0.3, -0.25) is 4.79 Å². The number of hydrogen-bond donors (Lipinski definition) is 0. The fourth-order valence-corrected chi connectivity index (χ4v) is 6.98. The number of likely N-dealkylation sites (N-methyl/N-ethyl adjacent to an activating group) is 1. The Hall–Kier alpha value is -3.64. The van der Waals surface area contributed by atoms with Crippen LogP contribution in [0.1, 0.15) is 43.0 Å². The average Bonchev–Trinajstić information content (AvgIpc) is 2.95. The van der Waals surface area contributed by atoms with Crippen LogP contribution >= 0.6 is 0 Å². The highest BCUT2D eigenvalue weighted by atomic mass is 16.2. The number of piperazine rings is 1. The van der Waals surface area contributed by atoms with Gasteiger partial charge in [0, 0.05) is 69.0 Å². The number of carbonyl (C=O) groups excluding carboxylic acids is 1. The van der Waals surface area contributed by atoms with Crippen LogP contribution in [0.5, 0.6) is 0 Å². The third kappa shape index (κ3) is 5.38. The largest absolute Gasteiger partial charge is 0.368 e. The van der Waals surface area contributed by atoms with Gasteiger partial charge >= 0.3 is 0 Å². The number of rotatable bonds is 6. The van der Waals surface area contributed by atoms with Crippen LogP contribution in [-0.2, 0) is 24.1 Å². The maximum Gasteiger partial charge on any atom is 0.246 e. The van der Waals surface area contributed by atoms with Crippen LogP contribution in [-0.4, -0.2) is 97.2 Å². The quantitative estimate of drug-likeness (QED) is 0.504. The first-order valence-electron chi connectivity index (χ1n) is 15.2. The van der Waals surface area contributed by atoms with Gasteiger partial charge in [0.1, 0.15) is 5.82 Å². The van der Waals surface area contributed by atoms with Gasteiger partial charge < -0.3 is 24.5 Å². The highest BCUT2D eigenvalue weighted by molar-refractivity contribution is 5.88. The van der Waals surface area contributed by atoms with Gasteiger partial charge in [0.2, 0.25) is 11.9 Å². The Balaban J connectivity index is 1.31. The maximum absolute atomic E-state index is 12.8. The second kappa shape index (κ2) is 11.7. The van der Waals surface area contributed by atoms with Crippen LogP contribution in [0.15, 0.2) is 36.4 Å². The van der Waals surface area contributed by atoms with Crippen molar-refractivity contribution in [1.82, 2.24) is 19.8 Å². The topological polar surface area (TPSA) is 82.8 Å². The minimum atomic E-state index is -0.158. The molecule has 1 aromatic heterocycles. The van der Waals surface area contributed by atoms with E-state index in [1.54, 1.807) is 12.2 Å². The molecule has 1 aliphatic carbocycles. The molecule has 2 fully saturated rings. The summed E-state index contributed by atoms with van der Waals surface area (Å²) in [6, 6.07) is 12.0. The van der Waals surface area contributed by atoms with E-state index in [2.05, 4.69) is 64.0 Å². The molecule has 0 saturated carbocycles. The number of allylic oxidation sites excluding steroid dienone is 1. The number of aromatic nitrogens is 2. The Morgan fingerprint density at radius 1 is 1.10 bits per heavy atom. The number of carbonyl (C=O) groups is 1. The molecule has 3 aliphatic heterocycles. The summed E-state index contributed by atoms with van der Waals surface area (Å²) in [7, 11) is 4.26. The summed E-state index contributed by atoms with van der Waals surface area (Å²) in [6.07, 6.45) is 8.97. The molecule has 41 heavy (non-hydrogen) atoms. The zero-order chi connectivity index (χ0) is 28.5. The molecule has 0 spiro atoms. The molecule has 9 heteroatoms. The van der Waals surface area contributed by atoms with Crippen molar-refractivity contribution in [2.75, 3.05) is 68.1 Å². The lowest BCUT2D eigenvalue weighted by molar-refractivity contribution is -0.128. The molecular formula is C32H42N8O. The molecule has 0 radical (unpaired) electrons. The van der Waals surface area contributed by atoms with Crippen molar-refractivity contribution in [2.24, 2.45) is 0 Å². The lowest BCUT2D eigenvalue weighted by Crippen LogP contribution is -2.58. The highest BCUT2D eigenvalue weighted by Crippen LogP contribution is 2.37. The number of anilines is 3. The SMILES string of the molecule is CC=CC(=O)N1CCN(c2nc(N3CC(N(C)C)C3)nc3c2CCC(N2CCCc4ccccc42)C3)CC1CC#N. The highest BCUT2D eigenvalue weighted by Gasteiger charge is 2.37. The van der Waals surface area contributed by atoms with E-state index in [0.29, 0.717) is 38.1 Å². The Labute approximate surface area is 244 Å². The van der Waals surface area contributed by atoms with Gasteiger partial charge in [-0.25, -0.2) is 4.98 Å². The minimum absolute atomic E-state index is 0.0160. The molecule has 1 aromatic carbocycles. The molecule has 216 valence electrons. The van der Waals surface area contributed by atoms with Gasteiger partial charge in [-0.1, -0.05) is 24.3 Å². The summed E-state index contributed by atoms with van der Waals surface area (Å²) in [4.78, 5) is 34.6. The van der Waals surface area contributed by atoms with Crippen LogP contribution in [0, 0.1) is 11.3 Å². The molecule has 4 heterocycles. The Kier molecular flexibility index (Phi) is 7.85. The molecule has 2 aromatic rings. The summed E-state index contributed by atoms with van der Waals surface area (Å²) in [5, 5.41) is 9.58. The number of fused-ring (bicyclic) bond motifs is 2. The van der Waals surface area contributed by atoms with Crippen LogP contribution in [0.25, 0.3) is 0 Å². The first kappa shape index (κ1) is 27.5. The van der Waals surface area contributed by atoms with Gasteiger partial charge in [-0.2, -0.15) is 10.2 Å². The smallest absolute Gasteiger partial charge is 0.246 e. The molecule has 6 rings (SSSR count). The number of amides is 1. The van der Waals surface area contributed by atoms with Crippen molar-refractivity contribution in [3.8, 4) is 6.07 Å². The third-order valence-corrected chi connectivity index (χ3v) is 9.38. The van der Waals surface area contributed by atoms with Crippen LogP contribution < -0.4 is 14.7 Å². The average molecular weight is 555 g/mol. The van der Waals surface area contributed by atoms with E-state index < -0.39 is 0 Å². The predicted molar refractivity (Wildman–Crippen MR) is 162 cm³/mol. The molecule has 0 bridgehead atoms. The van der Waals surface area contributed by atoms with Crippen molar-refractivity contribution in [3.05, 3.63) is 53.2 Å². The molecule has 4 aliphatic rings. The number of hydrogen-bond acceptors (Lipinski definition) is 8. The monoisotopic (exact) mass is 554 g/mol. The molecule has 1 amide bonds. The molecule has 9 nitrogen and oxygen atoms in total. The van der Waals surface area contributed by atoms with Gasteiger partial charge in [0.15, 0.2) is 0 Å². The molecule has 2 saturated heterocycles. The number of nitrogens with zero attached hydrogens (tertiary/aromatic N) is 8. The maximum atomic E-state index is 12.8. The number of para-hydroxylation sites is 1. The van der Waals surface area contributed by atoms with Crippen LogP contribution in [0.4, 0.5) is 17.5 Å². The van der Waals surface area contributed by atoms with Crippen molar-refractivity contribution >= 4 is 23.4 Å². The van der Waals surface area contributed by atoms with E-state index in [4.69, 9.17) is 9.97 Å². The number of nitriles is 1. The summed E-state index contributed by atoms with van der Waals surface area (Å²) < 4.78 is 0. The summed E-state index contributed by atoms with van der Waals surface area (Å²) >= 11 is 0. The van der Waals surface area contributed by atoms with Gasteiger partial charge in [0.05, 0.1) is 24.2 Å². The first-order valence-corrected chi connectivity index (χ1v) is 15.2. The number of benzene rings is 1. The van der Waals surface area contributed by atoms with E-state index in [1.807, 2.05) is 11.8 Å². The van der Waals surface area contributed by atoms with E-state index in [0.717, 1.165) is 57.1 Å². The lowest BCUT2D eigenvalue weighted by Gasteiger charge is -2.45. The fraction of sp³-hybridized carbons (Fsp3) is 0.562. The van der Waals surface area contributed by atoms with Crippen LogP contribution in [0.2, 0.25) is 0 Å². The zero-order valence-electron chi connectivity index (χ0n) is 24.7. The third-order valence-electron chi connectivity index (χ3n) is 9.38. The van der Waals surface area contributed by atoms with E-state index in [9.17, 15) is 10.1 Å². The zero-order valence-corrected chi connectivity index (χ0v) is 24.7. The Morgan fingerprint density at radius 2 is 1.93 bits per heavy atom. The van der Waals surface area contributed by atoms with E-state index >= 15 is 0 Å². The Morgan fingerprint density at radius 3 is 2.71 bits per heavy atom. The predicted octanol–water partition coefficient (Wildman–Crippen LogP) is 3.04. The van der Waals surface area contributed by atoms with Crippen molar-refractivity contribution in [3.63, 3.8) is 0 Å². The lowest BCUT2D eigenvalue weighted by atomic mass is 9.88. The summed E-state index contributed by atoms with van der Waals surface area (Å²) in [6.45, 7) is 6.71. The molecular weight excluding hydrogens is 512 g/mol. The van der Waals surface area contributed by atoms with E-state index in [1.165, 1.54) is 28.9 Å². The second-order valence-electron chi connectivity index (χ2n) is 12.1. The van der Waals surface area contributed by atoms with Gasteiger partial charge in [0.25, 0.3) is 0 Å². The van der Waals surface area contributed by atoms with Crippen molar-refractivity contribution in [2.45, 2.75) is 63.6 Å². The van der Waals surface area contributed by atoms with Gasteiger partial charge in [-0.15, -0.1) is 0 Å². The molecule has 2 unspecified atom stereocenters. The number of aryl methyl sites for hydroxylation is 1. The minimum Gasteiger partial charge on any atom is -0.368 e. The van der Waals surface area contributed by atoms with Crippen LogP contribution in [0.3, 0.4) is 0 Å². The normalized spacial score (nSPS) is 22.9. The van der Waals surface area contributed by atoms with Crippen molar-refractivity contribution < 1.29 is 4.79 Å². The first-order chi connectivity index (χ1) is 20.0.